The lowest BCUT2D eigenvalue weighted by molar-refractivity contribution is 0.102. The number of aromatic nitrogens is 2. The van der Waals surface area contributed by atoms with Gasteiger partial charge in [0.2, 0.25) is 0 Å². The van der Waals surface area contributed by atoms with Gasteiger partial charge in [0.1, 0.15) is 6.07 Å². The van der Waals surface area contributed by atoms with Crippen LogP contribution in [0.2, 0.25) is 0 Å². The lowest BCUT2D eigenvalue weighted by Crippen LogP contribution is -2.36. The van der Waals surface area contributed by atoms with Crippen LogP contribution in [0.3, 0.4) is 0 Å². The lowest BCUT2D eigenvalue weighted by Gasteiger charge is -2.33. The minimum absolute atomic E-state index is 0.251. The molecule has 0 saturated carbocycles. The molecular weight excluding hydrogens is 318 g/mol. The van der Waals surface area contributed by atoms with Crippen molar-refractivity contribution in [3.63, 3.8) is 0 Å². The summed E-state index contributed by atoms with van der Waals surface area (Å²) in [6, 6.07) is 7.50. The van der Waals surface area contributed by atoms with Crippen LogP contribution in [0.1, 0.15) is 34.5 Å². The van der Waals surface area contributed by atoms with E-state index >= 15 is 0 Å². The molecule has 1 saturated heterocycles. The first-order chi connectivity index (χ1) is 12.0. The molecule has 0 atom stereocenters. The third-order valence-electron chi connectivity index (χ3n) is 4.67. The molecule has 7 heteroatoms. The number of rotatable bonds is 3. The number of carbonyl (C=O) groups is 1. The highest BCUT2D eigenvalue weighted by atomic mass is 16.3. The van der Waals surface area contributed by atoms with Crippen LogP contribution in [0.5, 0.6) is 0 Å². The van der Waals surface area contributed by atoms with Crippen molar-refractivity contribution in [1.82, 2.24) is 9.78 Å². The van der Waals surface area contributed by atoms with Crippen LogP contribution in [0.15, 0.2) is 24.4 Å². The highest BCUT2D eigenvalue weighted by molar-refractivity contribution is 6.06. The van der Waals surface area contributed by atoms with Gasteiger partial charge in [-0.25, -0.2) is 0 Å². The highest BCUT2D eigenvalue weighted by Crippen LogP contribution is 2.32. The first-order valence-corrected chi connectivity index (χ1v) is 8.27. The zero-order chi connectivity index (χ0) is 18.0. The summed E-state index contributed by atoms with van der Waals surface area (Å²) in [4.78, 5) is 14.7. The predicted molar refractivity (Wildman–Crippen MR) is 94.5 cm³/mol. The highest BCUT2D eigenvalue weighted by Gasteiger charge is 2.23. The van der Waals surface area contributed by atoms with Crippen molar-refractivity contribution >= 4 is 17.3 Å². The Hall–Kier alpha value is -2.85. The molecule has 0 bridgehead atoms. The first kappa shape index (κ1) is 17.0. The van der Waals surface area contributed by atoms with E-state index < -0.39 is 0 Å². The number of aryl methyl sites for hydroxylation is 1. The lowest BCUT2D eigenvalue weighted by atomic mass is 10.0. The summed E-state index contributed by atoms with van der Waals surface area (Å²) < 4.78 is 1.65. The standard InChI is InChI=1S/C18H21N5O2/c1-12-15(11-20-22(12)2)18(25)21-16-5-3-4-13(10-19)17(16)23-8-6-14(24)7-9-23/h3-5,11,14,24H,6-9H2,1-2H3,(H,21,25). The number of hydrogen-bond donors (Lipinski definition) is 2. The number of hydrogen-bond acceptors (Lipinski definition) is 5. The van der Waals surface area contributed by atoms with E-state index in [4.69, 9.17) is 0 Å². The summed E-state index contributed by atoms with van der Waals surface area (Å²) in [5.74, 6) is -0.251. The Morgan fingerprint density at radius 2 is 2.12 bits per heavy atom. The van der Waals surface area contributed by atoms with Gasteiger partial charge in [0, 0.05) is 25.8 Å². The van der Waals surface area contributed by atoms with Gasteiger partial charge in [0.15, 0.2) is 0 Å². The maximum atomic E-state index is 12.6. The SMILES string of the molecule is Cc1c(C(=O)Nc2cccc(C#N)c2N2CCC(O)CC2)cnn1C. The van der Waals surface area contributed by atoms with Gasteiger partial charge in [-0.3, -0.25) is 9.48 Å². The monoisotopic (exact) mass is 339 g/mol. The van der Waals surface area contributed by atoms with Crippen LogP contribution < -0.4 is 10.2 Å². The molecule has 130 valence electrons. The molecular formula is C18H21N5O2. The number of aliphatic hydroxyl groups excluding tert-OH is 1. The van der Waals surface area contributed by atoms with E-state index in [1.54, 1.807) is 29.9 Å². The minimum Gasteiger partial charge on any atom is -0.393 e. The van der Waals surface area contributed by atoms with E-state index in [2.05, 4.69) is 21.4 Å². The van der Waals surface area contributed by atoms with Crippen molar-refractivity contribution in [3.8, 4) is 6.07 Å². The second-order valence-corrected chi connectivity index (χ2v) is 6.25. The molecule has 1 aromatic heterocycles. The third-order valence-corrected chi connectivity index (χ3v) is 4.67. The van der Waals surface area contributed by atoms with Crippen LogP contribution in [0, 0.1) is 18.3 Å². The molecule has 1 aliphatic heterocycles. The number of amides is 1. The van der Waals surface area contributed by atoms with Gasteiger partial charge in [0.25, 0.3) is 5.91 Å². The van der Waals surface area contributed by atoms with E-state index in [1.807, 2.05) is 6.92 Å². The molecule has 0 aliphatic carbocycles. The van der Waals surface area contributed by atoms with Crippen molar-refractivity contribution in [2.45, 2.75) is 25.9 Å². The van der Waals surface area contributed by atoms with Crippen LogP contribution in [-0.4, -0.2) is 40.0 Å². The molecule has 25 heavy (non-hydrogen) atoms. The Morgan fingerprint density at radius 1 is 1.40 bits per heavy atom. The number of piperidine rings is 1. The Morgan fingerprint density at radius 3 is 2.72 bits per heavy atom. The number of nitrogens with one attached hydrogen (secondary N) is 1. The number of para-hydroxylation sites is 1. The van der Waals surface area contributed by atoms with Crippen molar-refractivity contribution < 1.29 is 9.90 Å². The van der Waals surface area contributed by atoms with Gasteiger partial charge in [-0.15, -0.1) is 0 Å². The van der Waals surface area contributed by atoms with E-state index in [0.717, 1.165) is 5.69 Å². The van der Waals surface area contributed by atoms with Gasteiger partial charge >= 0.3 is 0 Å². The Labute approximate surface area is 146 Å². The number of benzene rings is 1. The maximum Gasteiger partial charge on any atom is 0.259 e. The minimum atomic E-state index is -0.304. The molecule has 2 heterocycles. The fourth-order valence-corrected chi connectivity index (χ4v) is 3.08. The Balaban J connectivity index is 1.92. The molecule has 1 aliphatic rings. The average Bonchev–Trinajstić information content (AvgIpc) is 2.95. The van der Waals surface area contributed by atoms with Crippen LogP contribution in [0.25, 0.3) is 0 Å². The van der Waals surface area contributed by atoms with Gasteiger partial charge in [-0.05, 0) is 31.9 Å². The molecule has 1 fully saturated rings. The number of nitriles is 1. The molecule has 0 unspecified atom stereocenters. The van der Waals surface area contributed by atoms with Crippen molar-refractivity contribution in [2.24, 2.45) is 7.05 Å². The summed E-state index contributed by atoms with van der Waals surface area (Å²) >= 11 is 0. The van der Waals surface area contributed by atoms with E-state index in [1.165, 1.54) is 6.20 Å². The van der Waals surface area contributed by atoms with Crippen LogP contribution >= 0.6 is 0 Å². The molecule has 2 N–H and O–H groups in total. The average molecular weight is 339 g/mol. The van der Waals surface area contributed by atoms with Gasteiger partial charge in [-0.1, -0.05) is 6.07 Å². The summed E-state index contributed by atoms with van der Waals surface area (Å²) in [7, 11) is 1.78. The number of anilines is 2. The quantitative estimate of drug-likeness (QED) is 0.889. The van der Waals surface area contributed by atoms with Crippen molar-refractivity contribution in [1.29, 1.82) is 5.26 Å². The summed E-state index contributed by atoms with van der Waals surface area (Å²) in [5, 5.41) is 26.2. The number of nitrogens with zero attached hydrogens (tertiary/aromatic N) is 4. The second-order valence-electron chi connectivity index (χ2n) is 6.25. The molecule has 1 amide bonds. The summed E-state index contributed by atoms with van der Waals surface area (Å²) in [6.45, 7) is 3.13. The van der Waals surface area contributed by atoms with Gasteiger partial charge in [-0.2, -0.15) is 10.4 Å². The Bertz CT molecular complexity index is 828. The Kier molecular flexibility index (Phi) is 4.72. The fourth-order valence-electron chi connectivity index (χ4n) is 3.08. The van der Waals surface area contributed by atoms with Gasteiger partial charge in [0.05, 0.1) is 34.8 Å². The zero-order valence-electron chi connectivity index (χ0n) is 14.4. The third kappa shape index (κ3) is 3.35. The van der Waals surface area contributed by atoms with Crippen molar-refractivity contribution in [2.75, 3.05) is 23.3 Å². The zero-order valence-corrected chi connectivity index (χ0v) is 14.4. The maximum absolute atomic E-state index is 12.6. The molecule has 1 aromatic carbocycles. The summed E-state index contributed by atoms with van der Waals surface area (Å²) in [5.41, 5.74) is 3.11. The molecule has 7 nitrogen and oxygen atoms in total. The molecule has 3 rings (SSSR count). The largest absolute Gasteiger partial charge is 0.393 e. The topological polar surface area (TPSA) is 94.2 Å². The van der Waals surface area contributed by atoms with E-state index in [-0.39, 0.29) is 12.0 Å². The number of carbonyl (C=O) groups excluding carboxylic acids is 1. The van der Waals surface area contributed by atoms with E-state index in [9.17, 15) is 15.2 Å². The normalized spacial score (nSPS) is 15.0. The first-order valence-electron chi connectivity index (χ1n) is 8.27. The molecule has 0 radical (unpaired) electrons. The smallest absolute Gasteiger partial charge is 0.259 e. The number of aliphatic hydroxyl groups is 1. The van der Waals surface area contributed by atoms with Gasteiger partial charge < -0.3 is 15.3 Å². The van der Waals surface area contributed by atoms with Crippen molar-refractivity contribution in [3.05, 3.63) is 41.2 Å². The van der Waals surface area contributed by atoms with Crippen LogP contribution in [-0.2, 0) is 7.05 Å². The van der Waals surface area contributed by atoms with E-state index in [0.29, 0.717) is 48.4 Å². The van der Waals surface area contributed by atoms with Crippen LogP contribution in [0.4, 0.5) is 11.4 Å². The summed E-state index contributed by atoms with van der Waals surface area (Å²) in [6.07, 6.45) is 2.53. The molecule has 2 aromatic rings. The second kappa shape index (κ2) is 6.95. The molecule has 0 spiro atoms. The predicted octanol–water partition coefficient (Wildman–Crippen LogP) is 1.81. The fraction of sp³-hybridized carbons (Fsp3) is 0.389.